The van der Waals surface area contributed by atoms with Crippen molar-refractivity contribution in [2.75, 3.05) is 57.1 Å². The number of likely N-dealkylation sites (N-methyl/N-ethyl adjacent to an activating group) is 1. The molecule has 0 aliphatic carbocycles. The van der Waals surface area contributed by atoms with Gasteiger partial charge in [-0.2, -0.15) is 0 Å². The van der Waals surface area contributed by atoms with Gasteiger partial charge in [-0.1, -0.05) is 12.1 Å². The van der Waals surface area contributed by atoms with E-state index < -0.39 is 0 Å². The average Bonchev–Trinajstić information content (AvgIpc) is 2.74. The van der Waals surface area contributed by atoms with Gasteiger partial charge in [0.05, 0.1) is 12.2 Å². The number of anilines is 2. The number of likely N-dealkylation sites (tertiary alicyclic amines) is 1. The molecule has 1 atom stereocenters. The van der Waals surface area contributed by atoms with E-state index in [2.05, 4.69) is 29.3 Å². The van der Waals surface area contributed by atoms with Crippen LogP contribution in [-0.4, -0.2) is 68.1 Å². The Labute approximate surface area is 186 Å². The smallest absolute Gasteiger partial charge is 0.241 e. The van der Waals surface area contributed by atoms with Gasteiger partial charge in [0.1, 0.15) is 11.6 Å². The van der Waals surface area contributed by atoms with E-state index in [1.807, 2.05) is 56.1 Å². The number of nitrogens with zero attached hydrogens (tertiary/aromatic N) is 5. The summed E-state index contributed by atoms with van der Waals surface area (Å²) in [5.41, 5.74) is 3.14. The van der Waals surface area contributed by atoms with Gasteiger partial charge in [-0.3, -0.25) is 9.69 Å². The minimum Gasteiger partial charge on any atom is -0.363 e. The van der Waals surface area contributed by atoms with Crippen LogP contribution in [-0.2, 0) is 11.3 Å². The molecule has 0 saturated carbocycles. The molecular weight excluding hydrogens is 388 g/mol. The molecule has 1 aliphatic rings. The van der Waals surface area contributed by atoms with Crippen LogP contribution >= 0.6 is 0 Å². The zero-order valence-electron chi connectivity index (χ0n) is 19.6. The van der Waals surface area contributed by atoms with Gasteiger partial charge in [0.2, 0.25) is 5.91 Å². The molecule has 1 aromatic carbocycles. The fourth-order valence-corrected chi connectivity index (χ4v) is 4.17. The Morgan fingerprint density at radius 1 is 1.26 bits per heavy atom. The minimum atomic E-state index is 0.146. The standard InChI is InChI=1S/C24H36N6O/c1-6-30(21-11-7-9-18(2)13-21)23(31)17-29-12-8-10-19(16-29)24-26-20(15-25-3)14-22(27-24)28(4)5/h7,9,11,13-14,19,25H,6,8,10,12,15-17H2,1-5H3/t19-/m0/s1. The van der Waals surface area contributed by atoms with Crippen molar-refractivity contribution in [3.63, 3.8) is 0 Å². The number of aromatic nitrogens is 2. The first-order chi connectivity index (χ1) is 14.9. The summed E-state index contributed by atoms with van der Waals surface area (Å²) in [6.07, 6.45) is 2.10. The predicted octanol–water partition coefficient (Wildman–Crippen LogP) is 2.80. The van der Waals surface area contributed by atoms with Crippen molar-refractivity contribution >= 4 is 17.4 Å². The summed E-state index contributed by atoms with van der Waals surface area (Å²) < 4.78 is 0. The fraction of sp³-hybridized carbons (Fsp3) is 0.542. The third-order valence-corrected chi connectivity index (χ3v) is 5.76. The van der Waals surface area contributed by atoms with Gasteiger partial charge in [0.15, 0.2) is 0 Å². The number of hydrogen-bond acceptors (Lipinski definition) is 6. The second-order valence-electron chi connectivity index (χ2n) is 8.55. The molecule has 3 rings (SSSR count). The second-order valence-corrected chi connectivity index (χ2v) is 8.55. The van der Waals surface area contributed by atoms with Crippen molar-refractivity contribution < 1.29 is 4.79 Å². The third-order valence-electron chi connectivity index (χ3n) is 5.76. The van der Waals surface area contributed by atoms with Crippen molar-refractivity contribution in [2.24, 2.45) is 0 Å². The zero-order chi connectivity index (χ0) is 22.4. The molecule has 7 heteroatoms. The van der Waals surface area contributed by atoms with Crippen LogP contribution in [0.15, 0.2) is 30.3 Å². The highest BCUT2D eigenvalue weighted by molar-refractivity contribution is 5.94. The molecule has 0 spiro atoms. The van der Waals surface area contributed by atoms with Crippen LogP contribution in [0.1, 0.15) is 42.8 Å². The Balaban J connectivity index is 1.72. The molecule has 2 aromatic rings. The van der Waals surface area contributed by atoms with E-state index in [9.17, 15) is 4.79 Å². The highest BCUT2D eigenvalue weighted by Gasteiger charge is 2.27. The van der Waals surface area contributed by atoms with Gasteiger partial charge in [-0.05, 0) is 58.0 Å². The predicted molar refractivity (Wildman–Crippen MR) is 127 cm³/mol. The summed E-state index contributed by atoms with van der Waals surface area (Å²) in [4.78, 5) is 28.9. The molecule has 7 nitrogen and oxygen atoms in total. The number of nitrogens with one attached hydrogen (secondary N) is 1. The molecule has 168 valence electrons. The van der Waals surface area contributed by atoms with Gasteiger partial charge >= 0.3 is 0 Å². The number of carbonyl (C=O) groups excluding carboxylic acids is 1. The van der Waals surface area contributed by atoms with E-state index in [0.29, 0.717) is 19.6 Å². The molecule has 31 heavy (non-hydrogen) atoms. The van der Waals surface area contributed by atoms with Gasteiger partial charge in [0.25, 0.3) is 0 Å². The van der Waals surface area contributed by atoms with Gasteiger partial charge < -0.3 is 15.1 Å². The summed E-state index contributed by atoms with van der Waals surface area (Å²) in [6, 6.07) is 10.2. The van der Waals surface area contributed by atoms with Crippen molar-refractivity contribution in [3.05, 3.63) is 47.4 Å². The minimum absolute atomic E-state index is 0.146. The number of hydrogen-bond donors (Lipinski definition) is 1. The van der Waals surface area contributed by atoms with E-state index in [0.717, 1.165) is 54.5 Å². The monoisotopic (exact) mass is 424 g/mol. The topological polar surface area (TPSA) is 64.6 Å². The molecule has 1 N–H and O–H groups in total. The number of aryl methyl sites for hydroxylation is 1. The van der Waals surface area contributed by atoms with E-state index >= 15 is 0 Å². The highest BCUT2D eigenvalue weighted by atomic mass is 16.2. The van der Waals surface area contributed by atoms with E-state index in [-0.39, 0.29) is 11.8 Å². The summed E-state index contributed by atoms with van der Waals surface area (Å²) in [5.74, 6) is 2.21. The van der Waals surface area contributed by atoms with E-state index in [1.54, 1.807) is 0 Å². The number of rotatable bonds is 8. The Bertz CT molecular complexity index is 884. The van der Waals surface area contributed by atoms with Gasteiger partial charge in [-0.15, -0.1) is 0 Å². The van der Waals surface area contributed by atoms with Crippen LogP contribution in [0.3, 0.4) is 0 Å². The normalized spacial score (nSPS) is 16.9. The number of carbonyl (C=O) groups is 1. The summed E-state index contributed by atoms with van der Waals surface area (Å²) in [7, 11) is 5.94. The molecule has 0 unspecified atom stereocenters. The maximum absolute atomic E-state index is 13.1. The van der Waals surface area contributed by atoms with E-state index in [4.69, 9.17) is 9.97 Å². The second kappa shape index (κ2) is 10.7. The molecule has 2 heterocycles. The van der Waals surface area contributed by atoms with Crippen LogP contribution in [0.2, 0.25) is 0 Å². The van der Waals surface area contributed by atoms with Crippen molar-refractivity contribution in [1.29, 1.82) is 0 Å². The lowest BCUT2D eigenvalue weighted by Crippen LogP contribution is -2.44. The molecule has 1 fully saturated rings. The Morgan fingerprint density at radius 3 is 2.74 bits per heavy atom. The summed E-state index contributed by atoms with van der Waals surface area (Å²) in [5, 5.41) is 3.18. The van der Waals surface area contributed by atoms with Crippen LogP contribution in [0.25, 0.3) is 0 Å². The summed E-state index contributed by atoms with van der Waals surface area (Å²) >= 11 is 0. The maximum atomic E-state index is 13.1. The van der Waals surface area contributed by atoms with Crippen molar-refractivity contribution in [3.8, 4) is 0 Å². The molecule has 0 bridgehead atoms. The number of benzene rings is 1. The van der Waals surface area contributed by atoms with Gasteiger partial charge in [-0.25, -0.2) is 9.97 Å². The van der Waals surface area contributed by atoms with Crippen molar-refractivity contribution in [2.45, 2.75) is 39.2 Å². The first-order valence-electron chi connectivity index (χ1n) is 11.2. The molecule has 1 aromatic heterocycles. The largest absolute Gasteiger partial charge is 0.363 e. The Hall–Kier alpha value is -2.51. The summed E-state index contributed by atoms with van der Waals surface area (Å²) in [6.45, 7) is 7.64. The third kappa shape index (κ3) is 6.02. The van der Waals surface area contributed by atoms with Crippen LogP contribution in [0, 0.1) is 6.92 Å². The number of piperidine rings is 1. The molecule has 1 saturated heterocycles. The van der Waals surface area contributed by atoms with Crippen LogP contribution in [0.4, 0.5) is 11.5 Å². The van der Waals surface area contributed by atoms with Gasteiger partial charge in [0, 0.05) is 51.4 Å². The molecule has 1 aliphatic heterocycles. The first-order valence-corrected chi connectivity index (χ1v) is 11.2. The SMILES string of the molecule is CCN(C(=O)CN1CCC[C@H](c2nc(CNC)cc(N(C)C)n2)C1)c1cccc(C)c1. The molecule has 1 amide bonds. The number of amides is 1. The van der Waals surface area contributed by atoms with Crippen LogP contribution in [0.5, 0.6) is 0 Å². The molecular formula is C24H36N6O. The quantitative estimate of drug-likeness (QED) is 0.703. The average molecular weight is 425 g/mol. The Morgan fingerprint density at radius 2 is 2.06 bits per heavy atom. The fourth-order valence-electron chi connectivity index (χ4n) is 4.17. The highest BCUT2D eigenvalue weighted by Crippen LogP contribution is 2.26. The zero-order valence-corrected chi connectivity index (χ0v) is 19.6. The van der Waals surface area contributed by atoms with E-state index in [1.165, 1.54) is 0 Å². The lowest BCUT2D eigenvalue weighted by atomic mass is 9.97. The first kappa shape index (κ1) is 23.2. The lowest BCUT2D eigenvalue weighted by Gasteiger charge is -2.33. The molecule has 0 radical (unpaired) electrons. The van der Waals surface area contributed by atoms with Crippen molar-refractivity contribution in [1.82, 2.24) is 20.2 Å². The maximum Gasteiger partial charge on any atom is 0.241 e. The Kier molecular flexibility index (Phi) is 7.98. The lowest BCUT2D eigenvalue weighted by molar-refractivity contribution is -0.120. The van der Waals surface area contributed by atoms with Crippen LogP contribution < -0.4 is 15.1 Å².